The molecule has 0 atom stereocenters. The summed E-state index contributed by atoms with van der Waals surface area (Å²) in [7, 11) is 0. The van der Waals surface area contributed by atoms with Gasteiger partial charge in [-0.05, 0) is 50.6 Å². The summed E-state index contributed by atoms with van der Waals surface area (Å²) in [5.74, 6) is 1.88. The van der Waals surface area contributed by atoms with Crippen molar-refractivity contribution in [1.82, 2.24) is 15.0 Å². The lowest BCUT2D eigenvalue weighted by molar-refractivity contribution is 1.07. The first-order valence-corrected chi connectivity index (χ1v) is 16.1. The number of benzene rings is 7. The molecule has 0 fully saturated rings. The highest BCUT2D eigenvalue weighted by Crippen LogP contribution is 2.39. The summed E-state index contributed by atoms with van der Waals surface area (Å²) in [5.41, 5.74) is 11.8. The van der Waals surface area contributed by atoms with Crippen LogP contribution in [0.2, 0.25) is 0 Å². The molecule has 3 nitrogen and oxygen atoms in total. The number of nitrogens with zero attached hydrogens (tertiary/aromatic N) is 3. The molecule has 3 heteroatoms. The highest BCUT2D eigenvalue weighted by Gasteiger charge is 2.19. The fourth-order valence-electron chi connectivity index (χ4n) is 6.26. The van der Waals surface area contributed by atoms with Crippen LogP contribution in [0.1, 0.15) is 0 Å². The van der Waals surface area contributed by atoms with Gasteiger partial charge >= 0.3 is 0 Å². The van der Waals surface area contributed by atoms with Crippen LogP contribution in [0.3, 0.4) is 0 Å². The molecule has 7 aromatic carbocycles. The maximum Gasteiger partial charge on any atom is 0.164 e. The highest BCUT2D eigenvalue weighted by atomic mass is 15.0. The molecule has 0 spiro atoms. The Kier molecular flexibility index (Phi) is 7.92. The summed E-state index contributed by atoms with van der Waals surface area (Å²) in [5, 5.41) is 0. The average Bonchev–Trinajstić information content (AvgIpc) is 3.19. The van der Waals surface area contributed by atoms with Gasteiger partial charge in [-0.25, -0.2) is 15.0 Å². The summed E-state index contributed by atoms with van der Waals surface area (Å²) in [4.78, 5) is 15.6. The lowest BCUT2D eigenvalue weighted by Crippen LogP contribution is -2.02. The van der Waals surface area contributed by atoms with Gasteiger partial charge in [0.2, 0.25) is 0 Å². The Morgan fingerprint density at radius 1 is 0.208 bits per heavy atom. The molecule has 226 valence electrons. The normalized spacial score (nSPS) is 10.9. The second-order valence-corrected chi connectivity index (χ2v) is 11.6. The minimum Gasteiger partial charge on any atom is -0.208 e. The largest absolute Gasteiger partial charge is 0.208 e. The van der Waals surface area contributed by atoms with Crippen LogP contribution in [0.4, 0.5) is 0 Å². The first-order chi connectivity index (χ1) is 23.8. The number of rotatable bonds is 7. The van der Waals surface area contributed by atoms with Gasteiger partial charge in [-0.2, -0.15) is 0 Å². The molecule has 0 unspecified atom stereocenters. The molecule has 8 aromatic rings. The van der Waals surface area contributed by atoms with Gasteiger partial charge in [-0.1, -0.05) is 182 Å². The van der Waals surface area contributed by atoms with E-state index in [0.29, 0.717) is 17.5 Å². The lowest BCUT2D eigenvalue weighted by atomic mass is 9.91. The Morgan fingerprint density at radius 3 is 1.08 bits per heavy atom. The van der Waals surface area contributed by atoms with Crippen LogP contribution >= 0.6 is 0 Å². The lowest BCUT2D eigenvalue weighted by Gasteiger charge is -2.16. The first-order valence-electron chi connectivity index (χ1n) is 16.1. The summed E-state index contributed by atoms with van der Waals surface area (Å²) in [6, 6.07) is 65.1. The van der Waals surface area contributed by atoms with Crippen molar-refractivity contribution in [2.75, 3.05) is 0 Å². The van der Waals surface area contributed by atoms with E-state index in [1.54, 1.807) is 0 Å². The van der Waals surface area contributed by atoms with E-state index in [4.69, 9.17) is 15.0 Å². The summed E-state index contributed by atoms with van der Waals surface area (Å²) >= 11 is 0. The molecule has 0 aliphatic carbocycles. The topological polar surface area (TPSA) is 38.7 Å². The molecule has 1 heterocycles. The predicted molar refractivity (Wildman–Crippen MR) is 198 cm³/mol. The minimum absolute atomic E-state index is 0.626. The van der Waals surface area contributed by atoms with E-state index in [9.17, 15) is 0 Å². The molecule has 0 saturated carbocycles. The first kappa shape index (κ1) is 29.0. The quantitative estimate of drug-likeness (QED) is 0.179. The zero-order valence-corrected chi connectivity index (χ0v) is 26.2. The average molecular weight is 614 g/mol. The maximum absolute atomic E-state index is 5.23. The second kappa shape index (κ2) is 13.1. The zero-order chi connectivity index (χ0) is 32.1. The van der Waals surface area contributed by atoms with E-state index in [-0.39, 0.29) is 0 Å². The SMILES string of the molecule is c1ccc(-c2cccc(-c3nc(-c4ccccc4-c4ccccc4)nc(-c4ccccc4-c4ccccc4-c4ccccc4)n3)c2)cc1. The van der Waals surface area contributed by atoms with Gasteiger partial charge in [0, 0.05) is 16.7 Å². The van der Waals surface area contributed by atoms with Crippen molar-refractivity contribution < 1.29 is 0 Å². The maximum atomic E-state index is 5.23. The summed E-state index contributed by atoms with van der Waals surface area (Å²) in [6.07, 6.45) is 0. The van der Waals surface area contributed by atoms with Crippen LogP contribution in [-0.4, -0.2) is 15.0 Å². The number of hydrogen-bond acceptors (Lipinski definition) is 3. The number of aromatic nitrogens is 3. The molecule has 1 aromatic heterocycles. The third-order valence-electron chi connectivity index (χ3n) is 8.59. The van der Waals surface area contributed by atoms with Gasteiger partial charge in [-0.15, -0.1) is 0 Å². The van der Waals surface area contributed by atoms with Crippen molar-refractivity contribution in [3.63, 3.8) is 0 Å². The molecule has 0 aliphatic heterocycles. The fourth-order valence-corrected chi connectivity index (χ4v) is 6.26. The van der Waals surface area contributed by atoms with Crippen molar-refractivity contribution in [3.05, 3.63) is 188 Å². The van der Waals surface area contributed by atoms with Crippen molar-refractivity contribution >= 4 is 0 Å². The molecule has 8 rings (SSSR count). The van der Waals surface area contributed by atoms with Crippen molar-refractivity contribution in [2.24, 2.45) is 0 Å². The van der Waals surface area contributed by atoms with E-state index in [1.807, 2.05) is 24.3 Å². The Morgan fingerprint density at radius 2 is 0.542 bits per heavy atom. The van der Waals surface area contributed by atoms with Crippen molar-refractivity contribution in [1.29, 1.82) is 0 Å². The van der Waals surface area contributed by atoms with E-state index < -0.39 is 0 Å². The van der Waals surface area contributed by atoms with Crippen molar-refractivity contribution in [2.45, 2.75) is 0 Å². The van der Waals surface area contributed by atoms with Crippen LogP contribution in [0.15, 0.2) is 188 Å². The van der Waals surface area contributed by atoms with Crippen LogP contribution < -0.4 is 0 Å². The van der Waals surface area contributed by atoms with Crippen LogP contribution in [0, 0.1) is 0 Å². The highest BCUT2D eigenvalue weighted by molar-refractivity contribution is 5.91. The smallest absolute Gasteiger partial charge is 0.164 e. The Labute approximate surface area is 280 Å². The number of hydrogen-bond donors (Lipinski definition) is 0. The molecule has 0 aliphatic rings. The van der Waals surface area contributed by atoms with E-state index >= 15 is 0 Å². The van der Waals surface area contributed by atoms with Crippen LogP contribution in [0.25, 0.3) is 78.7 Å². The Hall–Kier alpha value is -6.45. The minimum atomic E-state index is 0.626. The Bertz CT molecular complexity index is 2330. The molecule has 0 radical (unpaired) electrons. The molecule has 0 N–H and O–H groups in total. The van der Waals surface area contributed by atoms with Gasteiger partial charge < -0.3 is 0 Å². The van der Waals surface area contributed by atoms with Gasteiger partial charge in [0.15, 0.2) is 17.5 Å². The van der Waals surface area contributed by atoms with Crippen molar-refractivity contribution in [3.8, 4) is 78.7 Å². The van der Waals surface area contributed by atoms with Gasteiger partial charge in [-0.3, -0.25) is 0 Å². The fraction of sp³-hybridized carbons (Fsp3) is 0. The molecule has 48 heavy (non-hydrogen) atoms. The standard InChI is InChI=1S/C45H31N3/c1-4-17-32(18-5-1)35-23-16-24-36(31-35)43-46-44(41-29-14-11-26-38(41)34-21-8-3-9-22-34)48-45(47-43)42-30-15-13-28-40(42)39-27-12-10-25-37(39)33-19-6-2-7-20-33/h1-31H. The third kappa shape index (κ3) is 5.81. The predicted octanol–water partition coefficient (Wildman–Crippen LogP) is 11.5. The summed E-state index contributed by atoms with van der Waals surface area (Å²) in [6.45, 7) is 0. The van der Waals surface area contributed by atoms with E-state index in [2.05, 4.69) is 164 Å². The third-order valence-corrected chi connectivity index (χ3v) is 8.59. The Balaban J connectivity index is 1.35. The molecular formula is C45H31N3. The van der Waals surface area contributed by atoms with Crippen LogP contribution in [0.5, 0.6) is 0 Å². The van der Waals surface area contributed by atoms with Crippen LogP contribution in [-0.2, 0) is 0 Å². The monoisotopic (exact) mass is 613 g/mol. The summed E-state index contributed by atoms with van der Waals surface area (Å²) < 4.78 is 0. The van der Waals surface area contributed by atoms with E-state index in [0.717, 1.165) is 61.2 Å². The molecule has 0 amide bonds. The van der Waals surface area contributed by atoms with Gasteiger partial charge in [0.05, 0.1) is 0 Å². The van der Waals surface area contributed by atoms with E-state index in [1.165, 1.54) is 0 Å². The zero-order valence-electron chi connectivity index (χ0n) is 26.2. The molecule has 0 bridgehead atoms. The molecule has 0 saturated heterocycles. The molecular weight excluding hydrogens is 583 g/mol. The second-order valence-electron chi connectivity index (χ2n) is 11.6. The van der Waals surface area contributed by atoms with Gasteiger partial charge in [0.25, 0.3) is 0 Å². The van der Waals surface area contributed by atoms with Gasteiger partial charge in [0.1, 0.15) is 0 Å².